The average molecular weight is 331 g/mol. The molecular formula is C19H29N3O2. The maximum absolute atomic E-state index is 12.8. The first-order chi connectivity index (χ1) is 11.4. The van der Waals surface area contributed by atoms with Crippen LogP contribution in [0.3, 0.4) is 0 Å². The minimum Gasteiger partial charge on any atom is -0.369 e. The van der Waals surface area contributed by atoms with Gasteiger partial charge in [-0.2, -0.15) is 0 Å². The molecule has 1 heterocycles. The molecule has 2 rings (SSSR count). The fourth-order valence-electron chi connectivity index (χ4n) is 3.36. The number of nitrogens with two attached hydrogens (primary N) is 1. The first kappa shape index (κ1) is 18.5. The van der Waals surface area contributed by atoms with E-state index in [2.05, 4.69) is 31.3 Å². The molecule has 5 heteroatoms. The molecule has 1 saturated heterocycles. The summed E-state index contributed by atoms with van der Waals surface area (Å²) in [6.45, 7) is 7.33. The van der Waals surface area contributed by atoms with Crippen molar-refractivity contribution in [1.29, 1.82) is 0 Å². The van der Waals surface area contributed by atoms with Crippen LogP contribution >= 0.6 is 0 Å². The summed E-state index contributed by atoms with van der Waals surface area (Å²) in [6.07, 6.45) is 1.61. The molecule has 0 spiro atoms. The zero-order valence-electron chi connectivity index (χ0n) is 14.9. The van der Waals surface area contributed by atoms with Gasteiger partial charge in [0.15, 0.2) is 0 Å². The summed E-state index contributed by atoms with van der Waals surface area (Å²) in [6, 6.07) is 10.00. The van der Waals surface area contributed by atoms with E-state index in [-0.39, 0.29) is 29.8 Å². The Balaban J connectivity index is 2.02. The summed E-state index contributed by atoms with van der Waals surface area (Å²) in [5, 5.41) is 3.47. The molecule has 24 heavy (non-hydrogen) atoms. The van der Waals surface area contributed by atoms with Crippen LogP contribution in [0.25, 0.3) is 0 Å². The summed E-state index contributed by atoms with van der Waals surface area (Å²) in [7, 11) is 0. The summed E-state index contributed by atoms with van der Waals surface area (Å²) in [5.74, 6) is -0.118. The Hall–Kier alpha value is -1.88. The number of hydrogen-bond donors (Lipinski definition) is 2. The molecule has 3 atom stereocenters. The SMILES string of the molecule is CC(NC(c1ccccc1)C(C)C)C(=O)N1CCCC(C(N)=O)C1. The lowest BCUT2D eigenvalue weighted by Crippen LogP contribution is -2.51. The van der Waals surface area contributed by atoms with Crippen LogP contribution in [0.5, 0.6) is 0 Å². The first-order valence-electron chi connectivity index (χ1n) is 8.79. The van der Waals surface area contributed by atoms with Crippen LogP contribution in [0, 0.1) is 11.8 Å². The van der Waals surface area contributed by atoms with Crippen LogP contribution in [0.4, 0.5) is 0 Å². The lowest BCUT2D eigenvalue weighted by molar-refractivity contribution is -0.136. The second-order valence-corrected chi connectivity index (χ2v) is 7.05. The highest BCUT2D eigenvalue weighted by molar-refractivity contribution is 5.83. The third kappa shape index (κ3) is 4.57. The van der Waals surface area contributed by atoms with Crippen LogP contribution in [-0.4, -0.2) is 35.8 Å². The van der Waals surface area contributed by atoms with Crippen molar-refractivity contribution >= 4 is 11.8 Å². The van der Waals surface area contributed by atoms with E-state index in [1.807, 2.05) is 25.1 Å². The van der Waals surface area contributed by atoms with Crippen molar-refractivity contribution in [3.8, 4) is 0 Å². The van der Waals surface area contributed by atoms with Crippen molar-refractivity contribution in [3.05, 3.63) is 35.9 Å². The third-order valence-electron chi connectivity index (χ3n) is 4.76. The predicted molar refractivity (Wildman–Crippen MR) is 95.1 cm³/mol. The van der Waals surface area contributed by atoms with E-state index >= 15 is 0 Å². The number of nitrogens with zero attached hydrogens (tertiary/aromatic N) is 1. The molecule has 2 amide bonds. The molecule has 1 aromatic rings. The largest absolute Gasteiger partial charge is 0.369 e. The Kier molecular flexibility index (Phi) is 6.37. The fourth-order valence-corrected chi connectivity index (χ4v) is 3.36. The maximum atomic E-state index is 12.8. The minimum atomic E-state index is -0.308. The first-order valence-corrected chi connectivity index (χ1v) is 8.79. The van der Waals surface area contributed by atoms with Gasteiger partial charge in [-0.05, 0) is 31.2 Å². The lowest BCUT2D eigenvalue weighted by Gasteiger charge is -2.35. The average Bonchev–Trinajstić information content (AvgIpc) is 2.59. The standard InChI is InChI=1S/C19H29N3O2/c1-13(2)17(15-8-5-4-6-9-15)21-14(3)19(24)22-11-7-10-16(12-22)18(20)23/h4-6,8-9,13-14,16-17,21H,7,10-12H2,1-3H3,(H2,20,23). The van der Waals surface area contributed by atoms with E-state index in [1.165, 1.54) is 5.56 Å². The van der Waals surface area contributed by atoms with Crippen LogP contribution in [-0.2, 0) is 9.59 Å². The van der Waals surface area contributed by atoms with Gasteiger partial charge >= 0.3 is 0 Å². The van der Waals surface area contributed by atoms with E-state index in [0.717, 1.165) is 12.8 Å². The van der Waals surface area contributed by atoms with Gasteiger partial charge in [-0.15, -0.1) is 0 Å². The predicted octanol–water partition coefficient (Wildman–Crippen LogP) is 2.09. The van der Waals surface area contributed by atoms with Gasteiger partial charge in [0.2, 0.25) is 11.8 Å². The van der Waals surface area contributed by atoms with Crippen LogP contribution in [0.2, 0.25) is 0 Å². The number of carbonyl (C=O) groups is 2. The van der Waals surface area contributed by atoms with Crippen molar-refractivity contribution in [2.45, 2.75) is 45.7 Å². The number of primary amides is 1. The Labute approximate surface area is 144 Å². The quantitative estimate of drug-likeness (QED) is 0.838. The monoisotopic (exact) mass is 331 g/mol. The molecule has 1 aromatic carbocycles. The Morgan fingerprint density at radius 1 is 1.21 bits per heavy atom. The molecule has 0 aromatic heterocycles. The van der Waals surface area contributed by atoms with E-state index in [4.69, 9.17) is 5.73 Å². The second kappa shape index (κ2) is 8.29. The van der Waals surface area contributed by atoms with E-state index < -0.39 is 0 Å². The third-order valence-corrected chi connectivity index (χ3v) is 4.76. The molecular weight excluding hydrogens is 302 g/mol. The molecule has 0 radical (unpaired) electrons. The maximum Gasteiger partial charge on any atom is 0.239 e. The summed E-state index contributed by atoms with van der Waals surface area (Å²) in [4.78, 5) is 26.0. The van der Waals surface area contributed by atoms with Gasteiger partial charge in [-0.25, -0.2) is 0 Å². The molecule has 132 valence electrons. The topological polar surface area (TPSA) is 75.4 Å². The molecule has 0 aliphatic carbocycles. The van der Waals surface area contributed by atoms with Crippen molar-refractivity contribution in [2.24, 2.45) is 17.6 Å². The summed E-state index contributed by atoms with van der Waals surface area (Å²) >= 11 is 0. The molecule has 3 N–H and O–H groups in total. The molecule has 5 nitrogen and oxygen atoms in total. The summed E-state index contributed by atoms with van der Waals surface area (Å²) in [5.41, 5.74) is 6.59. The van der Waals surface area contributed by atoms with Crippen molar-refractivity contribution < 1.29 is 9.59 Å². The van der Waals surface area contributed by atoms with Gasteiger partial charge in [0.25, 0.3) is 0 Å². The Bertz CT molecular complexity index is 559. The van der Waals surface area contributed by atoms with Crippen LogP contribution in [0.1, 0.15) is 45.2 Å². The Morgan fingerprint density at radius 2 is 1.88 bits per heavy atom. The molecule has 1 aliphatic rings. The van der Waals surface area contributed by atoms with E-state index in [9.17, 15) is 9.59 Å². The van der Waals surface area contributed by atoms with Crippen molar-refractivity contribution in [2.75, 3.05) is 13.1 Å². The van der Waals surface area contributed by atoms with Gasteiger partial charge in [-0.1, -0.05) is 44.2 Å². The fraction of sp³-hybridized carbons (Fsp3) is 0.579. The highest BCUT2D eigenvalue weighted by atomic mass is 16.2. The molecule has 0 bridgehead atoms. The van der Waals surface area contributed by atoms with Gasteiger partial charge in [0.05, 0.1) is 12.0 Å². The van der Waals surface area contributed by atoms with E-state index in [0.29, 0.717) is 19.0 Å². The van der Waals surface area contributed by atoms with Gasteiger partial charge < -0.3 is 10.6 Å². The minimum absolute atomic E-state index is 0.0440. The number of carbonyl (C=O) groups excluding carboxylic acids is 2. The summed E-state index contributed by atoms with van der Waals surface area (Å²) < 4.78 is 0. The van der Waals surface area contributed by atoms with Crippen LogP contribution < -0.4 is 11.1 Å². The number of nitrogens with one attached hydrogen (secondary N) is 1. The Morgan fingerprint density at radius 3 is 2.46 bits per heavy atom. The smallest absolute Gasteiger partial charge is 0.239 e. The highest BCUT2D eigenvalue weighted by Gasteiger charge is 2.30. The lowest BCUT2D eigenvalue weighted by atomic mass is 9.94. The van der Waals surface area contributed by atoms with Gasteiger partial charge in [-0.3, -0.25) is 14.9 Å². The van der Waals surface area contributed by atoms with E-state index in [1.54, 1.807) is 4.90 Å². The number of benzene rings is 1. The van der Waals surface area contributed by atoms with Crippen LogP contribution in [0.15, 0.2) is 30.3 Å². The number of hydrogen-bond acceptors (Lipinski definition) is 3. The van der Waals surface area contributed by atoms with Crippen molar-refractivity contribution in [3.63, 3.8) is 0 Å². The number of amides is 2. The normalized spacial score (nSPS) is 20.7. The zero-order valence-corrected chi connectivity index (χ0v) is 14.9. The molecule has 1 fully saturated rings. The molecule has 3 unspecified atom stereocenters. The van der Waals surface area contributed by atoms with Gasteiger partial charge in [0.1, 0.15) is 0 Å². The van der Waals surface area contributed by atoms with Gasteiger partial charge in [0, 0.05) is 19.1 Å². The number of rotatable bonds is 6. The zero-order chi connectivity index (χ0) is 17.7. The molecule has 0 saturated carbocycles. The highest BCUT2D eigenvalue weighted by Crippen LogP contribution is 2.23. The number of piperidine rings is 1. The molecule has 1 aliphatic heterocycles. The van der Waals surface area contributed by atoms with Crippen molar-refractivity contribution in [1.82, 2.24) is 10.2 Å². The second-order valence-electron chi connectivity index (χ2n) is 7.05. The number of likely N-dealkylation sites (tertiary alicyclic amines) is 1.